The molecule has 5 nitrogen and oxygen atoms in total. The third-order valence-corrected chi connectivity index (χ3v) is 6.78. The highest BCUT2D eigenvalue weighted by Gasteiger charge is 2.23. The topological polar surface area (TPSA) is 59.5 Å². The van der Waals surface area contributed by atoms with Gasteiger partial charge in [0, 0.05) is 43.7 Å². The van der Waals surface area contributed by atoms with Crippen LogP contribution < -0.4 is 4.74 Å². The van der Waals surface area contributed by atoms with Crippen LogP contribution in [0.1, 0.15) is 24.0 Å². The first-order chi connectivity index (χ1) is 14.3. The third-order valence-electron chi connectivity index (χ3n) is 5.58. The number of ether oxygens (including phenoxy) is 1. The molecule has 0 saturated carbocycles. The molecule has 1 aliphatic heterocycles. The molecule has 1 aromatic heterocycles. The highest BCUT2D eigenvalue weighted by Crippen LogP contribution is 2.28. The van der Waals surface area contributed by atoms with Gasteiger partial charge in [-0.1, -0.05) is 0 Å². The van der Waals surface area contributed by atoms with Crippen LogP contribution in [0.25, 0.3) is 10.8 Å². The van der Waals surface area contributed by atoms with E-state index < -0.39 is 15.7 Å². The van der Waals surface area contributed by atoms with E-state index in [2.05, 4.69) is 22.0 Å². The fourth-order valence-corrected chi connectivity index (χ4v) is 4.91. The lowest BCUT2D eigenvalue weighted by Crippen LogP contribution is -2.38. The van der Waals surface area contributed by atoms with Gasteiger partial charge in [0.1, 0.15) is 17.7 Å². The lowest BCUT2D eigenvalue weighted by atomic mass is 10.1. The van der Waals surface area contributed by atoms with E-state index in [1.165, 1.54) is 18.2 Å². The Morgan fingerprint density at radius 3 is 2.58 bits per heavy atom. The second kappa shape index (κ2) is 9.51. The van der Waals surface area contributed by atoms with Gasteiger partial charge in [0.2, 0.25) is 0 Å². The number of piperidine rings is 1. The molecular formula is C23H26ClFN2O3S. The minimum Gasteiger partial charge on any atom is -0.490 e. The highest BCUT2D eigenvalue weighted by molar-refractivity contribution is 7.90. The quantitative estimate of drug-likeness (QED) is 0.518. The van der Waals surface area contributed by atoms with Gasteiger partial charge in [-0.25, -0.2) is 12.8 Å². The van der Waals surface area contributed by atoms with E-state index in [1.807, 2.05) is 19.2 Å². The number of fused-ring (bicyclic) bond motifs is 1. The van der Waals surface area contributed by atoms with Gasteiger partial charge < -0.3 is 4.74 Å². The van der Waals surface area contributed by atoms with Crippen molar-refractivity contribution in [2.75, 3.05) is 19.3 Å². The molecule has 1 aliphatic rings. The summed E-state index contributed by atoms with van der Waals surface area (Å²) in [6.45, 7) is 3.98. The number of aromatic nitrogens is 1. The monoisotopic (exact) mass is 464 g/mol. The largest absolute Gasteiger partial charge is 0.490 e. The van der Waals surface area contributed by atoms with Crippen LogP contribution in [-0.2, 0) is 16.4 Å². The average Bonchev–Trinajstić information content (AvgIpc) is 2.69. The molecule has 0 radical (unpaired) electrons. The normalized spacial score (nSPS) is 15.6. The molecule has 2 heterocycles. The molecule has 0 N–H and O–H groups in total. The minimum absolute atomic E-state index is 0. The molecule has 4 rings (SSSR count). The summed E-state index contributed by atoms with van der Waals surface area (Å²) >= 11 is 0. The molecule has 0 spiro atoms. The van der Waals surface area contributed by atoms with Crippen molar-refractivity contribution < 1.29 is 17.5 Å². The van der Waals surface area contributed by atoms with Crippen LogP contribution in [0, 0.1) is 12.7 Å². The lowest BCUT2D eigenvalue weighted by molar-refractivity contribution is 0.0959. The van der Waals surface area contributed by atoms with Crippen molar-refractivity contribution >= 4 is 33.0 Å². The minimum atomic E-state index is -3.40. The van der Waals surface area contributed by atoms with Crippen LogP contribution in [0.4, 0.5) is 4.39 Å². The van der Waals surface area contributed by atoms with Crippen molar-refractivity contribution in [1.29, 1.82) is 0 Å². The van der Waals surface area contributed by atoms with E-state index in [4.69, 9.17) is 4.74 Å². The van der Waals surface area contributed by atoms with Crippen molar-refractivity contribution in [2.24, 2.45) is 0 Å². The molecule has 0 amide bonds. The number of halogens is 2. The maximum atomic E-state index is 13.7. The Labute approximate surface area is 188 Å². The average molecular weight is 465 g/mol. The summed E-state index contributed by atoms with van der Waals surface area (Å²) < 4.78 is 44.0. The molecule has 3 aromatic rings. The predicted molar refractivity (Wildman–Crippen MR) is 122 cm³/mol. The zero-order valence-electron chi connectivity index (χ0n) is 17.5. The number of likely N-dealkylation sites (tertiary alicyclic amines) is 1. The Morgan fingerprint density at radius 1 is 1.13 bits per heavy atom. The van der Waals surface area contributed by atoms with E-state index in [-0.39, 0.29) is 23.4 Å². The van der Waals surface area contributed by atoms with Gasteiger partial charge in [0.25, 0.3) is 0 Å². The van der Waals surface area contributed by atoms with Crippen LogP contribution in [0.3, 0.4) is 0 Å². The number of hydrogen-bond donors (Lipinski definition) is 0. The van der Waals surface area contributed by atoms with Crippen LogP contribution in [0.5, 0.6) is 5.75 Å². The van der Waals surface area contributed by atoms with Crippen LogP contribution in [-0.4, -0.2) is 43.8 Å². The molecule has 166 valence electrons. The van der Waals surface area contributed by atoms with E-state index in [1.54, 1.807) is 6.20 Å². The number of rotatable bonds is 5. The number of pyridine rings is 1. The molecule has 1 fully saturated rings. The summed E-state index contributed by atoms with van der Waals surface area (Å²) in [5.41, 5.74) is 1.59. The first kappa shape index (κ1) is 23.4. The van der Waals surface area contributed by atoms with Crippen LogP contribution in [0.15, 0.2) is 53.7 Å². The number of aryl methyl sites for hydroxylation is 1. The van der Waals surface area contributed by atoms with Gasteiger partial charge in [-0.05, 0) is 72.7 Å². The van der Waals surface area contributed by atoms with E-state index in [0.717, 1.165) is 54.3 Å². The van der Waals surface area contributed by atoms with Crippen molar-refractivity contribution in [1.82, 2.24) is 9.88 Å². The molecule has 2 aromatic carbocycles. The fraction of sp³-hybridized carbons (Fsp3) is 0.348. The Kier molecular flexibility index (Phi) is 7.19. The van der Waals surface area contributed by atoms with Gasteiger partial charge in [0.05, 0.1) is 4.90 Å². The van der Waals surface area contributed by atoms with Crippen molar-refractivity contribution in [2.45, 2.75) is 37.3 Å². The van der Waals surface area contributed by atoms with Gasteiger partial charge in [-0.15, -0.1) is 12.4 Å². The fourth-order valence-electron chi connectivity index (χ4n) is 3.99. The molecule has 0 atom stereocenters. The zero-order valence-corrected chi connectivity index (χ0v) is 19.2. The second-order valence-corrected chi connectivity index (χ2v) is 9.94. The Morgan fingerprint density at radius 2 is 1.87 bits per heavy atom. The molecular weight excluding hydrogens is 439 g/mol. The van der Waals surface area contributed by atoms with E-state index >= 15 is 0 Å². The van der Waals surface area contributed by atoms with Gasteiger partial charge in [-0.2, -0.15) is 0 Å². The summed E-state index contributed by atoms with van der Waals surface area (Å²) in [4.78, 5) is 6.51. The van der Waals surface area contributed by atoms with Crippen LogP contribution in [0.2, 0.25) is 0 Å². The standard InChI is InChI=1S/C23H25FN2O3S.ClH/c1-16-11-18-14-25-8-5-17(18)13-22(16)29-21-6-9-26(10-7-21)15-19-12-20(24)3-4-23(19)30(2,27)28;/h3-5,8,11-14,21H,6-7,9-10,15H2,1-2H3;1H. The summed E-state index contributed by atoms with van der Waals surface area (Å²) in [6.07, 6.45) is 6.54. The molecule has 31 heavy (non-hydrogen) atoms. The summed E-state index contributed by atoms with van der Waals surface area (Å²) in [5.74, 6) is 0.467. The summed E-state index contributed by atoms with van der Waals surface area (Å²) in [5, 5.41) is 2.19. The van der Waals surface area contributed by atoms with Crippen molar-refractivity contribution in [3.05, 3.63) is 65.7 Å². The lowest BCUT2D eigenvalue weighted by Gasteiger charge is -2.32. The Bertz CT molecular complexity index is 1180. The first-order valence-electron chi connectivity index (χ1n) is 10.0. The SMILES string of the molecule is Cc1cc2cnccc2cc1OC1CCN(Cc2cc(F)ccc2S(C)(=O)=O)CC1.Cl. The smallest absolute Gasteiger partial charge is 0.175 e. The van der Waals surface area contributed by atoms with E-state index in [9.17, 15) is 12.8 Å². The maximum Gasteiger partial charge on any atom is 0.175 e. The molecule has 0 bridgehead atoms. The Hall–Kier alpha value is -2.22. The van der Waals surface area contributed by atoms with Crippen LogP contribution >= 0.6 is 12.4 Å². The third kappa shape index (κ3) is 5.53. The van der Waals surface area contributed by atoms with Gasteiger partial charge in [0.15, 0.2) is 9.84 Å². The van der Waals surface area contributed by atoms with Crippen molar-refractivity contribution in [3.63, 3.8) is 0 Å². The molecule has 0 unspecified atom stereocenters. The Balaban J connectivity index is 0.00000272. The number of hydrogen-bond acceptors (Lipinski definition) is 5. The first-order valence-corrected chi connectivity index (χ1v) is 11.9. The number of nitrogens with zero attached hydrogens (tertiary/aromatic N) is 2. The van der Waals surface area contributed by atoms with Gasteiger partial charge >= 0.3 is 0 Å². The molecule has 0 aliphatic carbocycles. The van der Waals surface area contributed by atoms with E-state index in [0.29, 0.717) is 12.1 Å². The van der Waals surface area contributed by atoms with Crippen molar-refractivity contribution in [3.8, 4) is 5.75 Å². The highest BCUT2D eigenvalue weighted by atomic mass is 35.5. The van der Waals surface area contributed by atoms with Gasteiger partial charge in [-0.3, -0.25) is 9.88 Å². The summed E-state index contributed by atoms with van der Waals surface area (Å²) in [6, 6.07) is 10.00. The molecule has 8 heteroatoms. The maximum absolute atomic E-state index is 13.7. The predicted octanol–water partition coefficient (Wildman–Crippen LogP) is 4.55. The number of sulfone groups is 1. The summed E-state index contributed by atoms with van der Waals surface area (Å²) in [7, 11) is -3.40. The molecule has 1 saturated heterocycles. The number of benzene rings is 2. The second-order valence-electron chi connectivity index (χ2n) is 7.96. The zero-order chi connectivity index (χ0) is 21.3.